The molecule has 0 radical (unpaired) electrons. The van der Waals surface area contributed by atoms with Gasteiger partial charge < -0.3 is 5.32 Å². The van der Waals surface area contributed by atoms with Crippen LogP contribution in [0.15, 0.2) is 18.2 Å². The van der Waals surface area contributed by atoms with E-state index in [9.17, 15) is 9.18 Å². The predicted octanol–water partition coefficient (Wildman–Crippen LogP) is 2.90. The SMILES string of the molecule is CC[C@](C)(C#N)NC(=O)c1cc(Cl)ccc1F. The number of amides is 1. The van der Waals surface area contributed by atoms with Gasteiger partial charge in [-0.1, -0.05) is 18.5 Å². The van der Waals surface area contributed by atoms with E-state index in [2.05, 4.69) is 5.32 Å². The average Bonchev–Trinajstić information content (AvgIpc) is 2.32. The summed E-state index contributed by atoms with van der Waals surface area (Å²) in [7, 11) is 0. The zero-order chi connectivity index (χ0) is 13.1. The summed E-state index contributed by atoms with van der Waals surface area (Å²) in [6.07, 6.45) is 0.428. The van der Waals surface area contributed by atoms with Crippen LogP contribution < -0.4 is 5.32 Å². The number of nitrogens with zero attached hydrogens (tertiary/aromatic N) is 1. The smallest absolute Gasteiger partial charge is 0.255 e. The van der Waals surface area contributed by atoms with E-state index in [-0.39, 0.29) is 10.6 Å². The van der Waals surface area contributed by atoms with Gasteiger partial charge in [-0.2, -0.15) is 5.26 Å². The minimum absolute atomic E-state index is 0.160. The molecule has 90 valence electrons. The van der Waals surface area contributed by atoms with E-state index in [1.807, 2.05) is 6.07 Å². The maximum atomic E-state index is 13.4. The fourth-order valence-electron chi connectivity index (χ4n) is 1.18. The second-order valence-corrected chi connectivity index (χ2v) is 4.31. The van der Waals surface area contributed by atoms with Crippen LogP contribution in [-0.2, 0) is 0 Å². The largest absolute Gasteiger partial charge is 0.334 e. The van der Waals surface area contributed by atoms with Gasteiger partial charge in [0.2, 0.25) is 0 Å². The van der Waals surface area contributed by atoms with E-state index in [1.54, 1.807) is 13.8 Å². The summed E-state index contributed by atoms with van der Waals surface area (Å²) in [6, 6.07) is 5.69. The van der Waals surface area contributed by atoms with Gasteiger partial charge in [0, 0.05) is 5.02 Å². The molecule has 1 aromatic rings. The molecule has 0 heterocycles. The minimum atomic E-state index is -1.01. The van der Waals surface area contributed by atoms with E-state index in [4.69, 9.17) is 16.9 Å². The molecule has 1 amide bonds. The Hall–Kier alpha value is -1.60. The van der Waals surface area contributed by atoms with E-state index >= 15 is 0 Å². The van der Waals surface area contributed by atoms with Crippen molar-refractivity contribution in [3.8, 4) is 6.07 Å². The van der Waals surface area contributed by atoms with E-state index in [0.717, 1.165) is 6.07 Å². The molecule has 1 rings (SSSR count). The fourth-order valence-corrected chi connectivity index (χ4v) is 1.36. The summed E-state index contributed by atoms with van der Waals surface area (Å²) in [5, 5.41) is 11.7. The van der Waals surface area contributed by atoms with Gasteiger partial charge in [-0.3, -0.25) is 4.79 Å². The Morgan fingerprint density at radius 2 is 2.29 bits per heavy atom. The van der Waals surface area contributed by atoms with Crippen LogP contribution in [-0.4, -0.2) is 11.4 Å². The number of rotatable bonds is 3. The number of benzene rings is 1. The highest BCUT2D eigenvalue weighted by Crippen LogP contribution is 2.16. The first-order chi connectivity index (χ1) is 7.91. The Balaban J connectivity index is 2.99. The summed E-state index contributed by atoms with van der Waals surface area (Å²) in [6.45, 7) is 3.34. The Morgan fingerprint density at radius 3 is 2.82 bits per heavy atom. The first-order valence-electron chi connectivity index (χ1n) is 5.10. The standard InChI is InChI=1S/C12H12ClFN2O/c1-3-12(2,7-15)16-11(17)9-6-8(13)4-5-10(9)14/h4-6H,3H2,1-2H3,(H,16,17)/t12-/m1/s1. The molecule has 1 aromatic carbocycles. The quantitative estimate of drug-likeness (QED) is 0.902. The van der Waals surface area contributed by atoms with Gasteiger partial charge >= 0.3 is 0 Å². The third kappa shape index (κ3) is 3.18. The molecule has 0 aliphatic heterocycles. The summed E-state index contributed by atoms with van der Waals surface area (Å²) >= 11 is 5.69. The van der Waals surface area contributed by atoms with Crippen LogP contribution >= 0.6 is 11.6 Å². The van der Waals surface area contributed by atoms with E-state index < -0.39 is 17.3 Å². The zero-order valence-electron chi connectivity index (χ0n) is 9.55. The van der Waals surface area contributed by atoms with Crippen molar-refractivity contribution in [3.05, 3.63) is 34.6 Å². The first-order valence-corrected chi connectivity index (χ1v) is 5.48. The molecule has 3 nitrogen and oxygen atoms in total. The molecule has 0 fully saturated rings. The van der Waals surface area contributed by atoms with Crippen molar-refractivity contribution in [1.82, 2.24) is 5.32 Å². The summed E-state index contributed by atoms with van der Waals surface area (Å²) in [5.41, 5.74) is -1.17. The summed E-state index contributed by atoms with van der Waals surface area (Å²) in [5.74, 6) is -1.31. The molecule has 0 spiro atoms. The molecule has 0 bridgehead atoms. The number of halogens is 2. The van der Waals surface area contributed by atoms with Crippen molar-refractivity contribution in [1.29, 1.82) is 5.26 Å². The van der Waals surface area contributed by atoms with Crippen molar-refractivity contribution < 1.29 is 9.18 Å². The van der Waals surface area contributed by atoms with Gasteiger partial charge in [0.05, 0.1) is 11.6 Å². The second kappa shape index (κ2) is 5.15. The van der Waals surface area contributed by atoms with Gasteiger partial charge in [-0.15, -0.1) is 0 Å². The maximum absolute atomic E-state index is 13.4. The molecule has 0 unspecified atom stereocenters. The lowest BCUT2D eigenvalue weighted by molar-refractivity contribution is 0.0919. The lowest BCUT2D eigenvalue weighted by atomic mass is 10.0. The van der Waals surface area contributed by atoms with Gasteiger partial charge in [0.25, 0.3) is 5.91 Å². The predicted molar refractivity (Wildman–Crippen MR) is 63.2 cm³/mol. The number of hydrogen-bond donors (Lipinski definition) is 1. The average molecular weight is 255 g/mol. The second-order valence-electron chi connectivity index (χ2n) is 3.88. The molecule has 0 saturated heterocycles. The van der Waals surface area contributed by atoms with Crippen LogP contribution in [0.3, 0.4) is 0 Å². The Bertz CT molecular complexity index is 484. The topological polar surface area (TPSA) is 52.9 Å². The highest BCUT2D eigenvalue weighted by atomic mass is 35.5. The molecule has 0 aliphatic rings. The molecule has 5 heteroatoms. The number of carbonyl (C=O) groups excluding carboxylic acids is 1. The zero-order valence-corrected chi connectivity index (χ0v) is 10.3. The highest BCUT2D eigenvalue weighted by Gasteiger charge is 2.25. The van der Waals surface area contributed by atoms with Crippen molar-refractivity contribution in [3.63, 3.8) is 0 Å². The first kappa shape index (κ1) is 13.5. The molecular formula is C12H12ClFN2O. The van der Waals surface area contributed by atoms with Gasteiger partial charge in [0.15, 0.2) is 0 Å². The van der Waals surface area contributed by atoms with Crippen molar-refractivity contribution in [2.75, 3.05) is 0 Å². The normalized spacial score (nSPS) is 13.6. The van der Waals surface area contributed by atoms with E-state index in [0.29, 0.717) is 6.42 Å². The van der Waals surface area contributed by atoms with Crippen molar-refractivity contribution in [2.24, 2.45) is 0 Å². The van der Waals surface area contributed by atoms with Crippen LogP contribution in [0.4, 0.5) is 4.39 Å². The lowest BCUT2D eigenvalue weighted by Crippen LogP contribution is -2.44. The molecule has 0 aromatic heterocycles. The van der Waals surface area contributed by atoms with Crippen LogP contribution in [0.1, 0.15) is 30.6 Å². The number of hydrogen-bond acceptors (Lipinski definition) is 2. The van der Waals surface area contributed by atoms with Gasteiger partial charge in [-0.25, -0.2) is 4.39 Å². The third-order valence-electron chi connectivity index (χ3n) is 2.52. The number of nitrogens with one attached hydrogen (secondary N) is 1. The molecular weight excluding hydrogens is 243 g/mol. The molecule has 1 atom stereocenters. The monoisotopic (exact) mass is 254 g/mol. The van der Waals surface area contributed by atoms with E-state index in [1.165, 1.54) is 12.1 Å². The summed E-state index contributed by atoms with van der Waals surface area (Å²) < 4.78 is 13.4. The fraction of sp³-hybridized carbons (Fsp3) is 0.333. The van der Waals surface area contributed by atoms with Crippen LogP contribution in [0.2, 0.25) is 5.02 Å². The van der Waals surface area contributed by atoms with Crippen molar-refractivity contribution in [2.45, 2.75) is 25.8 Å². The third-order valence-corrected chi connectivity index (χ3v) is 2.75. The molecule has 1 N–H and O–H groups in total. The lowest BCUT2D eigenvalue weighted by Gasteiger charge is -2.21. The molecule has 17 heavy (non-hydrogen) atoms. The van der Waals surface area contributed by atoms with Gasteiger partial charge in [-0.05, 0) is 31.5 Å². The van der Waals surface area contributed by atoms with Crippen LogP contribution in [0.25, 0.3) is 0 Å². The number of carbonyl (C=O) groups is 1. The number of nitriles is 1. The minimum Gasteiger partial charge on any atom is -0.334 e. The Labute approximate surface area is 104 Å². The van der Waals surface area contributed by atoms with Gasteiger partial charge in [0.1, 0.15) is 11.4 Å². The Kier molecular flexibility index (Phi) is 4.08. The van der Waals surface area contributed by atoms with Crippen LogP contribution in [0, 0.1) is 17.1 Å². The summed E-state index contributed by atoms with van der Waals surface area (Å²) in [4.78, 5) is 11.8. The molecule has 0 saturated carbocycles. The Morgan fingerprint density at radius 1 is 1.65 bits per heavy atom. The molecule has 0 aliphatic carbocycles. The maximum Gasteiger partial charge on any atom is 0.255 e. The van der Waals surface area contributed by atoms with Crippen molar-refractivity contribution >= 4 is 17.5 Å². The van der Waals surface area contributed by atoms with Crippen LogP contribution in [0.5, 0.6) is 0 Å². The highest BCUT2D eigenvalue weighted by molar-refractivity contribution is 6.31.